The third-order valence-electron chi connectivity index (χ3n) is 3.15. The maximum absolute atomic E-state index is 14.6. The molecule has 1 aromatic rings. The van der Waals surface area contributed by atoms with Crippen molar-refractivity contribution in [3.8, 4) is 0 Å². The van der Waals surface area contributed by atoms with Crippen molar-refractivity contribution in [2.45, 2.75) is 23.1 Å². The molecule has 0 spiro atoms. The summed E-state index contributed by atoms with van der Waals surface area (Å²) in [6.07, 6.45) is 0.178. The van der Waals surface area contributed by atoms with E-state index in [2.05, 4.69) is 20.7 Å². The molecular weight excluding hydrogens is 323 g/mol. The van der Waals surface area contributed by atoms with Gasteiger partial charge in [-0.25, -0.2) is 9.18 Å². The van der Waals surface area contributed by atoms with Gasteiger partial charge in [-0.05, 0) is 24.0 Å². The van der Waals surface area contributed by atoms with Crippen LogP contribution < -0.4 is 0 Å². The van der Waals surface area contributed by atoms with E-state index in [0.29, 0.717) is 15.6 Å². The van der Waals surface area contributed by atoms with Crippen LogP contribution in [0.5, 0.6) is 0 Å². The van der Waals surface area contributed by atoms with E-state index in [1.54, 1.807) is 12.1 Å². The molecule has 0 radical (unpaired) electrons. The quantitative estimate of drug-likeness (QED) is 0.667. The summed E-state index contributed by atoms with van der Waals surface area (Å²) in [6.45, 7) is 0. The van der Waals surface area contributed by atoms with Crippen LogP contribution in [0.25, 0.3) is 0 Å². The number of hydrogen-bond donors (Lipinski definition) is 1. The Kier molecular flexibility index (Phi) is 3.71. The Bertz CT molecular complexity index is 508. The number of ether oxygens (including phenoxy) is 1. The van der Waals surface area contributed by atoms with Gasteiger partial charge in [0.1, 0.15) is 6.10 Å². The molecule has 0 bridgehead atoms. The summed E-state index contributed by atoms with van der Waals surface area (Å²) in [5.74, 6) is -1.04. The normalized spacial score (nSPS) is 25.9. The SMILES string of the molecule is COC(=O)[C@@]1(F)Cc2c(Br)ccc(SC)c2[C@@H]1O. The number of aliphatic hydroxyl groups excluding tert-OH is 1. The minimum absolute atomic E-state index is 0.175. The fraction of sp³-hybridized carbons (Fsp3) is 0.417. The van der Waals surface area contributed by atoms with Crippen LogP contribution in [0.4, 0.5) is 4.39 Å². The van der Waals surface area contributed by atoms with Crippen LogP contribution in [-0.4, -0.2) is 30.1 Å². The average Bonchev–Trinajstić information content (AvgIpc) is 2.65. The lowest BCUT2D eigenvalue weighted by molar-refractivity contribution is -0.162. The maximum atomic E-state index is 14.6. The molecule has 0 saturated carbocycles. The van der Waals surface area contributed by atoms with Gasteiger partial charge in [0.05, 0.1) is 7.11 Å². The Balaban J connectivity index is 2.57. The van der Waals surface area contributed by atoms with Crippen molar-refractivity contribution in [2.24, 2.45) is 0 Å². The highest BCUT2D eigenvalue weighted by Crippen LogP contribution is 2.48. The summed E-state index contributed by atoms with van der Waals surface area (Å²) in [5.41, 5.74) is -1.29. The minimum Gasteiger partial charge on any atom is -0.467 e. The Morgan fingerprint density at radius 1 is 1.67 bits per heavy atom. The number of fused-ring (bicyclic) bond motifs is 1. The third-order valence-corrected chi connectivity index (χ3v) is 4.68. The molecule has 3 nitrogen and oxygen atoms in total. The summed E-state index contributed by atoms with van der Waals surface area (Å²) < 4.78 is 19.8. The number of methoxy groups -OCH3 is 1. The Morgan fingerprint density at radius 2 is 2.33 bits per heavy atom. The number of carbonyl (C=O) groups is 1. The molecule has 0 aromatic heterocycles. The standard InChI is InChI=1S/C12H12BrFO3S/c1-17-11(16)12(14)5-6-7(13)3-4-8(18-2)9(6)10(12)15/h3-4,10,15H,5H2,1-2H3/t10-,12+/m0/s1. The van der Waals surface area contributed by atoms with Crippen LogP contribution in [0.3, 0.4) is 0 Å². The maximum Gasteiger partial charge on any atom is 0.347 e. The number of halogens is 2. The first-order valence-electron chi connectivity index (χ1n) is 5.26. The first-order chi connectivity index (χ1) is 8.45. The van der Waals surface area contributed by atoms with Gasteiger partial charge in [0.15, 0.2) is 0 Å². The smallest absolute Gasteiger partial charge is 0.347 e. The van der Waals surface area contributed by atoms with Gasteiger partial charge in [0.2, 0.25) is 5.67 Å². The lowest BCUT2D eigenvalue weighted by Crippen LogP contribution is -2.39. The molecule has 1 aliphatic carbocycles. The van der Waals surface area contributed by atoms with Crippen LogP contribution >= 0.6 is 27.7 Å². The number of thioether (sulfide) groups is 1. The Labute approximate surface area is 117 Å². The Hall–Kier alpha value is -0.590. The van der Waals surface area contributed by atoms with Crippen LogP contribution in [0.2, 0.25) is 0 Å². The van der Waals surface area contributed by atoms with Crippen LogP contribution in [-0.2, 0) is 16.0 Å². The molecule has 1 N–H and O–H groups in total. The summed E-state index contributed by atoms with van der Waals surface area (Å²) in [6, 6.07) is 3.58. The highest BCUT2D eigenvalue weighted by Gasteiger charge is 2.54. The van der Waals surface area contributed by atoms with Crippen molar-refractivity contribution >= 4 is 33.7 Å². The second-order valence-corrected chi connectivity index (χ2v) is 5.78. The second-order valence-electron chi connectivity index (χ2n) is 4.08. The van der Waals surface area contributed by atoms with E-state index >= 15 is 0 Å². The van der Waals surface area contributed by atoms with E-state index in [0.717, 1.165) is 12.0 Å². The van der Waals surface area contributed by atoms with Crippen molar-refractivity contribution in [2.75, 3.05) is 13.4 Å². The van der Waals surface area contributed by atoms with E-state index in [9.17, 15) is 14.3 Å². The van der Waals surface area contributed by atoms with Crippen molar-refractivity contribution in [1.82, 2.24) is 0 Å². The largest absolute Gasteiger partial charge is 0.467 e. The molecule has 6 heteroatoms. The molecule has 0 unspecified atom stereocenters. The molecule has 0 aliphatic heterocycles. The summed E-state index contributed by atoms with van der Waals surface area (Å²) >= 11 is 4.73. The average molecular weight is 335 g/mol. The topological polar surface area (TPSA) is 46.5 Å². The first-order valence-corrected chi connectivity index (χ1v) is 7.28. The fourth-order valence-corrected chi connectivity index (χ4v) is 3.36. The van der Waals surface area contributed by atoms with Crippen LogP contribution in [0.15, 0.2) is 21.5 Å². The molecule has 98 valence electrons. The molecule has 0 fully saturated rings. The summed E-state index contributed by atoms with van der Waals surface area (Å²) in [4.78, 5) is 12.3. The van der Waals surface area contributed by atoms with Crippen molar-refractivity contribution < 1.29 is 19.0 Å². The molecule has 2 atom stereocenters. The van der Waals surface area contributed by atoms with E-state index < -0.39 is 17.7 Å². The molecule has 0 heterocycles. The highest BCUT2D eigenvalue weighted by molar-refractivity contribution is 9.10. The van der Waals surface area contributed by atoms with Crippen LogP contribution in [0, 0.1) is 0 Å². The highest BCUT2D eigenvalue weighted by atomic mass is 79.9. The van der Waals surface area contributed by atoms with Crippen molar-refractivity contribution in [3.05, 3.63) is 27.7 Å². The number of benzene rings is 1. The number of hydrogen-bond acceptors (Lipinski definition) is 4. The summed E-state index contributed by atoms with van der Waals surface area (Å²) in [5, 5.41) is 10.1. The first kappa shape index (κ1) is 13.8. The van der Waals surface area contributed by atoms with Crippen LogP contribution in [0.1, 0.15) is 17.2 Å². The molecule has 2 rings (SSSR count). The molecule has 0 saturated heterocycles. The predicted molar refractivity (Wildman–Crippen MR) is 70.4 cm³/mol. The number of esters is 1. The van der Waals surface area contributed by atoms with Crippen molar-refractivity contribution in [1.29, 1.82) is 0 Å². The Morgan fingerprint density at radius 3 is 2.89 bits per heavy atom. The lowest BCUT2D eigenvalue weighted by atomic mass is 10.0. The minimum atomic E-state index is -2.40. The van der Waals surface area contributed by atoms with Gasteiger partial charge in [0.25, 0.3) is 0 Å². The zero-order chi connectivity index (χ0) is 13.5. The zero-order valence-electron chi connectivity index (χ0n) is 9.87. The number of rotatable bonds is 2. The van der Waals surface area contributed by atoms with Gasteiger partial charge in [-0.2, -0.15) is 0 Å². The van der Waals surface area contributed by atoms with Gasteiger partial charge in [-0.1, -0.05) is 15.9 Å². The number of carbonyl (C=O) groups excluding carboxylic acids is 1. The molecule has 18 heavy (non-hydrogen) atoms. The lowest BCUT2D eigenvalue weighted by Gasteiger charge is -2.21. The molecule has 0 amide bonds. The van der Waals surface area contributed by atoms with E-state index in [4.69, 9.17) is 0 Å². The predicted octanol–water partition coefficient (Wildman–Crippen LogP) is 2.64. The molecule has 1 aliphatic rings. The summed E-state index contributed by atoms with van der Waals surface area (Å²) in [7, 11) is 1.11. The number of alkyl halides is 1. The van der Waals surface area contributed by atoms with Gasteiger partial charge >= 0.3 is 5.97 Å². The fourth-order valence-electron chi connectivity index (χ4n) is 2.21. The van der Waals surface area contributed by atoms with Gasteiger partial charge < -0.3 is 9.84 Å². The van der Waals surface area contributed by atoms with E-state index in [1.165, 1.54) is 11.8 Å². The third kappa shape index (κ3) is 1.87. The van der Waals surface area contributed by atoms with E-state index in [1.807, 2.05) is 6.26 Å². The monoisotopic (exact) mass is 334 g/mol. The van der Waals surface area contributed by atoms with E-state index in [-0.39, 0.29) is 6.42 Å². The number of aliphatic hydroxyl groups is 1. The zero-order valence-corrected chi connectivity index (χ0v) is 12.3. The molecule has 1 aromatic carbocycles. The van der Waals surface area contributed by atoms with Gasteiger partial charge in [0, 0.05) is 21.4 Å². The van der Waals surface area contributed by atoms with Crippen molar-refractivity contribution in [3.63, 3.8) is 0 Å². The second kappa shape index (κ2) is 4.83. The van der Waals surface area contributed by atoms with Gasteiger partial charge in [-0.15, -0.1) is 11.8 Å². The molecular formula is C12H12BrFO3S. The van der Waals surface area contributed by atoms with Gasteiger partial charge in [-0.3, -0.25) is 0 Å².